The van der Waals surface area contributed by atoms with E-state index in [9.17, 15) is 0 Å². The van der Waals surface area contributed by atoms with Gasteiger partial charge >= 0.3 is 0 Å². The maximum Gasteiger partial charge on any atom is 0.290 e. The molecule has 0 bridgehead atoms. The number of anilines is 1. The van der Waals surface area contributed by atoms with Crippen LogP contribution < -0.4 is 5.32 Å². The van der Waals surface area contributed by atoms with Gasteiger partial charge in [0.25, 0.3) is 6.02 Å². The largest absolute Gasteiger partial charge is 0.460 e. The number of aromatic nitrogens is 2. The third kappa shape index (κ3) is 5.80. The zero-order valence-electron chi connectivity index (χ0n) is 16.9. The van der Waals surface area contributed by atoms with Crippen molar-refractivity contribution in [3.05, 3.63) is 42.7 Å². The van der Waals surface area contributed by atoms with Crippen LogP contribution in [0.4, 0.5) is 5.82 Å². The van der Waals surface area contributed by atoms with E-state index in [1.54, 1.807) is 13.4 Å². The Balaban J connectivity index is 0.00000136. The Kier molecular flexibility index (Phi) is 8.44. The van der Waals surface area contributed by atoms with Crippen molar-refractivity contribution in [2.45, 2.75) is 26.4 Å². The molecule has 2 aromatic rings. The number of nitrogens with zero attached hydrogens (tertiary/aromatic N) is 4. The molecule has 1 aliphatic heterocycles. The van der Waals surface area contributed by atoms with Gasteiger partial charge in [0.2, 0.25) is 0 Å². The highest BCUT2D eigenvalue weighted by Gasteiger charge is 2.28. The summed E-state index contributed by atoms with van der Waals surface area (Å²) in [5.74, 6) is 1.18. The van der Waals surface area contributed by atoms with E-state index in [1.165, 1.54) is 0 Å². The summed E-state index contributed by atoms with van der Waals surface area (Å²) in [5, 5.41) is 3.20. The van der Waals surface area contributed by atoms with Crippen molar-refractivity contribution in [2.75, 3.05) is 32.0 Å². The van der Waals surface area contributed by atoms with Crippen molar-refractivity contribution < 1.29 is 4.74 Å². The molecule has 1 N–H and O–H groups in total. The molecule has 0 radical (unpaired) electrons. The summed E-state index contributed by atoms with van der Waals surface area (Å²) in [4.78, 5) is 15.3. The SMILES string of the molecule is C#C.CCN1CCC(C)[C@@H](OC(=NC)Nc2cc(-c3ccccc3)ncn2)C1. The van der Waals surface area contributed by atoms with E-state index in [0.29, 0.717) is 17.8 Å². The molecule has 148 valence electrons. The van der Waals surface area contributed by atoms with Crippen LogP contribution in [0.5, 0.6) is 0 Å². The molecule has 6 nitrogen and oxygen atoms in total. The highest BCUT2D eigenvalue weighted by Crippen LogP contribution is 2.21. The lowest BCUT2D eigenvalue weighted by Gasteiger charge is -2.36. The lowest BCUT2D eigenvalue weighted by atomic mass is 9.96. The molecule has 1 aromatic heterocycles. The van der Waals surface area contributed by atoms with Crippen molar-refractivity contribution in [1.82, 2.24) is 14.9 Å². The van der Waals surface area contributed by atoms with Gasteiger partial charge in [-0.15, -0.1) is 12.8 Å². The predicted octanol–water partition coefficient (Wildman–Crippen LogP) is 3.54. The maximum absolute atomic E-state index is 6.17. The van der Waals surface area contributed by atoms with E-state index in [2.05, 4.69) is 51.9 Å². The fraction of sp³-hybridized carbons (Fsp3) is 0.409. The number of likely N-dealkylation sites (N-methyl/N-ethyl adjacent to an activating group) is 1. The van der Waals surface area contributed by atoms with E-state index < -0.39 is 0 Å². The highest BCUT2D eigenvalue weighted by atomic mass is 16.5. The average Bonchev–Trinajstić information content (AvgIpc) is 2.77. The molecule has 1 saturated heterocycles. The highest BCUT2D eigenvalue weighted by molar-refractivity contribution is 5.88. The minimum atomic E-state index is 0.130. The van der Waals surface area contributed by atoms with Gasteiger partial charge in [-0.1, -0.05) is 44.2 Å². The number of likely N-dealkylation sites (tertiary alicyclic amines) is 1. The number of amidine groups is 1. The Morgan fingerprint density at radius 1 is 1.29 bits per heavy atom. The zero-order valence-corrected chi connectivity index (χ0v) is 16.9. The Morgan fingerprint density at radius 3 is 2.71 bits per heavy atom. The van der Waals surface area contributed by atoms with Gasteiger partial charge in [0.15, 0.2) is 0 Å². The molecule has 1 aliphatic rings. The van der Waals surface area contributed by atoms with E-state index >= 15 is 0 Å². The topological polar surface area (TPSA) is 62.6 Å². The van der Waals surface area contributed by atoms with Crippen molar-refractivity contribution in [1.29, 1.82) is 0 Å². The molecule has 2 heterocycles. The number of benzene rings is 1. The molecule has 0 saturated carbocycles. The second-order valence-electron chi connectivity index (χ2n) is 6.62. The summed E-state index contributed by atoms with van der Waals surface area (Å²) in [7, 11) is 1.73. The number of hydrogen-bond acceptors (Lipinski definition) is 5. The summed E-state index contributed by atoms with van der Waals surface area (Å²) in [6, 6.07) is 12.4. The number of hydrogen-bond donors (Lipinski definition) is 1. The molecule has 0 amide bonds. The number of aliphatic imine (C=N–C) groups is 1. The summed E-state index contributed by atoms with van der Waals surface area (Å²) in [5.41, 5.74) is 1.91. The molecule has 3 rings (SSSR count). The van der Waals surface area contributed by atoms with Gasteiger partial charge in [0.1, 0.15) is 18.2 Å². The Morgan fingerprint density at radius 2 is 2.04 bits per heavy atom. The minimum absolute atomic E-state index is 0.130. The first-order chi connectivity index (χ1) is 13.7. The van der Waals surface area contributed by atoms with Gasteiger partial charge in [-0.05, 0) is 25.4 Å². The van der Waals surface area contributed by atoms with Gasteiger partial charge in [0.05, 0.1) is 5.69 Å². The molecule has 2 atom stereocenters. The summed E-state index contributed by atoms with van der Waals surface area (Å²) in [6.07, 6.45) is 10.8. The van der Waals surface area contributed by atoms with Gasteiger partial charge in [0, 0.05) is 25.2 Å². The summed E-state index contributed by atoms with van der Waals surface area (Å²) < 4.78 is 6.17. The number of nitrogens with one attached hydrogen (secondary N) is 1. The van der Waals surface area contributed by atoms with Crippen LogP contribution >= 0.6 is 0 Å². The Hall–Kier alpha value is -2.91. The molecular weight excluding hydrogens is 350 g/mol. The molecule has 0 aliphatic carbocycles. The molecule has 0 spiro atoms. The lowest BCUT2D eigenvalue weighted by molar-refractivity contribution is 0.0410. The van der Waals surface area contributed by atoms with Crippen LogP contribution in [-0.2, 0) is 4.74 Å². The third-order valence-corrected chi connectivity index (χ3v) is 4.86. The van der Waals surface area contributed by atoms with Crippen LogP contribution in [0.25, 0.3) is 11.3 Å². The van der Waals surface area contributed by atoms with Crippen LogP contribution in [-0.4, -0.2) is 53.7 Å². The maximum atomic E-state index is 6.17. The average molecular weight is 380 g/mol. The Labute approximate surface area is 168 Å². The van der Waals surface area contributed by atoms with Crippen molar-refractivity contribution in [3.63, 3.8) is 0 Å². The third-order valence-electron chi connectivity index (χ3n) is 4.86. The van der Waals surface area contributed by atoms with Crippen LogP contribution in [0.15, 0.2) is 47.7 Å². The van der Waals surface area contributed by atoms with Crippen LogP contribution in [0.3, 0.4) is 0 Å². The first-order valence-corrected chi connectivity index (χ1v) is 9.53. The normalized spacial score (nSPS) is 20.0. The first kappa shape index (κ1) is 21.4. The molecule has 1 aromatic carbocycles. The summed E-state index contributed by atoms with van der Waals surface area (Å²) in [6.45, 7) is 7.54. The second-order valence-corrected chi connectivity index (χ2v) is 6.62. The standard InChI is InChI=1S/C20H27N5O.C2H2/c1-4-25-11-10-15(2)18(13-25)26-20(21-3)24-19-12-17(22-14-23-19)16-8-6-5-7-9-16;1-2/h5-9,12,14-15,18H,4,10-11,13H2,1-3H3,(H,21,22,23,24);1-2H/t15?,18-;/m0./s1. The van der Waals surface area contributed by atoms with Crippen LogP contribution in [0.1, 0.15) is 20.3 Å². The second kappa shape index (κ2) is 11.1. The van der Waals surface area contributed by atoms with Crippen molar-refractivity contribution in [3.8, 4) is 24.1 Å². The van der Waals surface area contributed by atoms with E-state index in [1.807, 2.05) is 36.4 Å². The molecule has 28 heavy (non-hydrogen) atoms. The minimum Gasteiger partial charge on any atom is -0.460 e. The van der Waals surface area contributed by atoms with Crippen LogP contribution in [0.2, 0.25) is 0 Å². The quantitative estimate of drug-likeness (QED) is 0.500. The van der Waals surface area contributed by atoms with E-state index in [-0.39, 0.29) is 6.10 Å². The van der Waals surface area contributed by atoms with E-state index in [0.717, 1.165) is 37.3 Å². The number of piperidine rings is 1. The molecular formula is C22H29N5O. The fourth-order valence-electron chi connectivity index (χ4n) is 3.12. The van der Waals surface area contributed by atoms with Gasteiger partial charge < -0.3 is 4.74 Å². The molecule has 6 heteroatoms. The summed E-state index contributed by atoms with van der Waals surface area (Å²) >= 11 is 0. The molecule has 1 fully saturated rings. The Bertz CT molecular complexity index is 775. The van der Waals surface area contributed by atoms with Gasteiger partial charge in [-0.2, -0.15) is 0 Å². The van der Waals surface area contributed by atoms with Crippen molar-refractivity contribution >= 4 is 11.8 Å². The lowest BCUT2D eigenvalue weighted by Crippen LogP contribution is -2.45. The zero-order chi connectivity index (χ0) is 20.4. The monoisotopic (exact) mass is 379 g/mol. The van der Waals surface area contributed by atoms with Gasteiger partial charge in [-0.25, -0.2) is 15.0 Å². The fourth-order valence-corrected chi connectivity index (χ4v) is 3.12. The smallest absolute Gasteiger partial charge is 0.290 e. The van der Waals surface area contributed by atoms with Gasteiger partial charge in [-0.3, -0.25) is 10.2 Å². The predicted molar refractivity (Wildman–Crippen MR) is 115 cm³/mol. The number of rotatable bonds is 4. The molecule has 1 unspecified atom stereocenters. The number of terminal acetylenes is 1. The van der Waals surface area contributed by atoms with E-state index in [4.69, 9.17) is 4.74 Å². The first-order valence-electron chi connectivity index (χ1n) is 9.53. The van der Waals surface area contributed by atoms with Crippen molar-refractivity contribution in [2.24, 2.45) is 10.9 Å². The number of ether oxygens (including phenoxy) is 1. The van der Waals surface area contributed by atoms with Crippen LogP contribution in [0, 0.1) is 18.8 Å².